The topological polar surface area (TPSA) is 106 Å². The summed E-state index contributed by atoms with van der Waals surface area (Å²) in [5.41, 5.74) is -0.552. The summed E-state index contributed by atoms with van der Waals surface area (Å²) in [5, 5.41) is 44.6. The van der Waals surface area contributed by atoms with Crippen LogP contribution in [0.25, 0.3) is 5.41 Å². The van der Waals surface area contributed by atoms with Gasteiger partial charge in [0.15, 0.2) is 12.4 Å². The molecule has 2 aliphatic rings. The van der Waals surface area contributed by atoms with Crippen LogP contribution in [0.4, 0.5) is 0 Å². The number of hydrogen-bond donors (Lipinski definition) is 2. The number of rotatable bonds is 4. The number of benzene rings is 1. The highest BCUT2D eigenvalue weighted by molar-refractivity contribution is 6.30. The lowest BCUT2D eigenvalue weighted by Crippen LogP contribution is -2.66. The van der Waals surface area contributed by atoms with E-state index in [4.69, 9.17) is 11.6 Å². The van der Waals surface area contributed by atoms with Gasteiger partial charge in [-0.2, -0.15) is 15.1 Å². The maximum absolute atomic E-state index is 11.9. The van der Waals surface area contributed by atoms with Crippen molar-refractivity contribution in [3.63, 3.8) is 0 Å². The maximum atomic E-state index is 11.9. The predicted molar refractivity (Wildman–Crippen MR) is 111 cm³/mol. The number of aliphatic hydroxyl groups is 1. The Morgan fingerprint density at radius 3 is 2.37 bits per heavy atom. The van der Waals surface area contributed by atoms with Crippen LogP contribution in [0.15, 0.2) is 71.7 Å². The fourth-order valence-corrected chi connectivity index (χ4v) is 4.38. The Balaban J connectivity index is 2.03. The van der Waals surface area contributed by atoms with Gasteiger partial charge in [0.25, 0.3) is 0 Å². The summed E-state index contributed by atoms with van der Waals surface area (Å²) in [5.74, 6) is 1.21. The van der Waals surface area contributed by atoms with E-state index in [9.17, 15) is 21.0 Å². The van der Waals surface area contributed by atoms with Gasteiger partial charge in [-0.15, -0.1) is 0 Å². The zero-order valence-electron chi connectivity index (χ0n) is 16.0. The molecule has 6 nitrogen and oxygen atoms in total. The zero-order chi connectivity index (χ0) is 21.3. The third-order valence-electron chi connectivity index (χ3n) is 5.75. The number of halogens is 1. The summed E-state index contributed by atoms with van der Waals surface area (Å²) < 4.78 is 1.89. The molecular formula is C23H18ClN5O. The van der Waals surface area contributed by atoms with Gasteiger partial charge in [-0.25, -0.2) is 5.87 Å². The lowest BCUT2D eigenvalue weighted by Gasteiger charge is -2.43. The molecule has 0 bridgehead atoms. The average molecular weight is 416 g/mol. The molecule has 0 amide bonds. The van der Waals surface area contributed by atoms with Crippen molar-refractivity contribution in [3.05, 3.63) is 87.7 Å². The highest BCUT2D eigenvalue weighted by Crippen LogP contribution is 2.52. The van der Waals surface area contributed by atoms with Crippen molar-refractivity contribution in [2.75, 3.05) is 0 Å². The van der Waals surface area contributed by atoms with Gasteiger partial charge >= 0.3 is 0 Å². The summed E-state index contributed by atoms with van der Waals surface area (Å²) in [6, 6.07) is 16.2. The minimum atomic E-state index is -1.44. The van der Waals surface area contributed by atoms with E-state index in [0.717, 1.165) is 18.4 Å². The molecule has 4 rings (SSSR count). The van der Waals surface area contributed by atoms with E-state index < -0.39 is 17.7 Å². The van der Waals surface area contributed by atoms with Crippen molar-refractivity contribution in [3.8, 4) is 12.1 Å². The molecule has 3 atom stereocenters. The molecule has 1 aromatic heterocycles. The minimum absolute atomic E-state index is 0.0705. The predicted octanol–water partition coefficient (Wildman–Crippen LogP) is 3.12. The smallest absolute Gasteiger partial charge is 0.216 e. The highest BCUT2D eigenvalue weighted by Gasteiger charge is 2.61. The second-order valence-electron chi connectivity index (χ2n) is 7.52. The van der Waals surface area contributed by atoms with Gasteiger partial charge in [0.1, 0.15) is 6.07 Å². The number of nitrogens with one attached hydrogen (secondary N) is 1. The molecule has 1 aliphatic carbocycles. The Kier molecular flexibility index (Phi) is 5.16. The Labute approximate surface area is 179 Å². The molecule has 1 fully saturated rings. The number of allylic oxidation sites excluding steroid dienone is 2. The standard InChI is InChI=1S/C23H18ClN5O/c24-18-8-4-15(5-9-18)20-19(14-27)21(16(12-25)13-26)28-23(30,17-6-7-17)22(20)29-10-2-1-3-11-29/h1-5,8-11,17,20,22,28,30H,6-7H2/t20-,22+,23-/m0/s1. The first kappa shape index (κ1) is 19.9. The molecule has 0 spiro atoms. The zero-order valence-corrected chi connectivity index (χ0v) is 16.7. The first-order valence-electron chi connectivity index (χ1n) is 9.57. The van der Waals surface area contributed by atoms with Crippen LogP contribution in [-0.4, -0.2) is 16.7 Å². The molecule has 2 heterocycles. The van der Waals surface area contributed by atoms with Crippen molar-refractivity contribution in [2.45, 2.75) is 30.5 Å². The van der Waals surface area contributed by atoms with E-state index in [0.29, 0.717) is 5.02 Å². The first-order valence-corrected chi connectivity index (χ1v) is 9.95. The fraction of sp³-hybridized carbons (Fsp3) is 0.261. The van der Waals surface area contributed by atoms with Crippen LogP contribution >= 0.6 is 11.6 Å². The van der Waals surface area contributed by atoms with Gasteiger partial charge in [-0.05, 0) is 30.5 Å². The van der Waals surface area contributed by atoms with Gasteiger partial charge < -0.3 is 15.8 Å². The van der Waals surface area contributed by atoms with Crippen LogP contribution < -0.4 is 9.88 Å². The summed E-state index contributed by atoms with van der Waals surface area (Å²) in [6.45, 7) is 0. The van der Waals surface area contributed by atoms with Crippen molar-refractivity contribution in [1.29, 1.82) is 10.5 Å². The van der Waals surface area contributed by atoms with Crippen molar-refractivity contribution >= 4 is 17.5 Å². The third-order valence-corrected chi connectivity index (χ3v) is 6.01. The van der Waals surface area contributed by atoms with Crippen LogP contribution in [0, 0.1) is 28.6 Å². The van der Waals surface area contributed by atoms with Gasteiger partial charge in [0.2, 0.25) is 11.8 Å². The Hall–Kier alpha value is -3.41. The van der Waals surface area contributed by atoms with Crippen LogP contribution in [0.1, 0.15) is 30.4 Å². The number of nitrogens with zero attached hydrogens (tertiary/aromatic N) is 4. The Morgan fingerprint density at radius 1 is 1.17 bits per heavy atom. The van der Waals surface area contributed by atoms with E-state index in [1.165, 1.54) is 0 Å². The quantitative estimate of drug-likeness (QED) is 0.454. The van der Waals surface area contributed by atoms with Crippen LogP contribution in [0.3, 0.4) is 0 Å². The molecule has 7 heteroatoms. The third kappa shape index (κ3) is 3.28. The number of hydrogen-bond acceptors (Lipinski definition) is 4. The normalized spacial score (nSPS) is 25.5. The van der Waals surface area contributed by atoms with E-state index in [-0.39, 0.29) is 22.8 Å². The summed E-state index contributed by atoms with van der Waals surface area (Å²) >= 11 is 6.08. The number of pyridine rings is 1. The van der Waals surface area contributed by atoms with E-state index >= 15 is 0 Å². The molecule has 1 aliphatic heterocycles. The highest BCUT2D eigenvalue weighted by atomic mass is 35.5. The molecule has 1 saturated carbocycles. The number of aromatic nitrogens is 1. The molecule has 0 saturated heterocycles. The molecule has 30 heavy (non-hydrogen) atoms. The molecule has 0 unspecified atom stereocenters. The van der Waals surface area contributed by atoms with Gasteiger partial charge in [-0.3, -0.25) is 0 Å². The summed E-state index contributed by atoms with van der Waals surface area (Å²) in [4.78, 5) is 0. The lowest BCUT2D eigenvalue weighted by atomic mass is 9.74. The molecule has 2 N–H and O–H groups in total. The van der Waals surface area contributed by atoms with Gasteiger partial charge in [-0.1, -0.05) is 29.8 Å². The van der Waals surface area contributed by atoms with E-state index in [2.05, 4.69) is 11.4 Å². The van der Waals surface area contributed by atoms with Crippen molar-refractivity contribution in [1.82, 2.24) is 5.32 Å². The van der Waals surface area contributed by atoms with Crippen LogP contribution in [0.5, 0.6) is 0 Å². The monoisotopic (exact) mass is 415 g/mol. The maximum Gasteiger partial charge on any atom is 0.216 e. The van der Waals surface area contributed by atoms with Crippen LogP contribution in [0.2, 0.25) is 5.02 Å². The second kappa shape index (κ2) is 7.78. The van der Waals surface area contributed by atoms with Gasteiger partial charge in [0.05, 0.1) is 28.8 Å². The van der Waals surface area contributed by atoms with E-state index in [1.807, 2.05) is 59.2 Å². The summed E-state index contributed by atoms with van der Waals surface area (Å²) in [6.07, 6.45) is 5.32. The van der Waals surface area contributed by atoms with Crippen LogP contribution in [-0.2, 0) is 0 Å². The van der Waals surface area contributed by atoms with Gasteiger partial charge in [0, 0.05) is 23.1 Å². The van der Waals surface area contributed by atoms with Crippen molar-refractivity contribution < 1.29 is 9.67 Å². The number of nitriles is 2. The SMILES string of the molecule is N#CC(=C=[N-])C1=C(C#N)[C@H](c2ccc(Cl)cc2)[C@@H]([n+]2ccccc2)[C@@](O)(C2CC2)N1. The first-order chi connectivity index (χ1) is 14.5. The molecule has 2 aromatic rings. The Bertz CT molecular complexity index is 1130. The molecule has 148 valence electrons. The molecular weight excluding hydrogens is 398 g/mol. The molecule has 0 radical (unpaired) electrons. The summed E-state index contributed by atoms with van der Waals surface area (Å²) in [7, 11) is 0. The lowest BCUT2D eigenvalue weighted by molar-refractivity contribution is -0.742. The fourth-order valence-electron chi connectivity index (χ4n) is 4.25. The largest absolute Gasteiger partial charge is 0.762 e. The molecule has 1 aromatic carbocycles. The second-order valence-corrected chi connectivity index (χ2v) is 7.96. The Morgan fingerprint density at radius 2 is 1.83 bits per heavy atom. The van der Waals surface area contributed by atoms with E-state index in [1.54, 1.807) is 12.1 Å². The average Bonchev–Trinajstić information content (AvgIpc) is 3.61. The van der Waals surface area contributed by atoms with Crippen molar-refractivity contribution in [2.24, 2.45) is 5.92 Å². The minimum Gasteiger partial charge on any atom is -0.762 e.